The minimum absolute atomic E-state index is 0.334. The molecule has 1 aliphatic rings. The van der Waals surface area contributed by atoms with Gasteiger partial charge in [-0.05, 0) is 12.3 Å². The Kier molecular flexibility index (Phi) is 4.35. The Balaban J connectivity index is 2.51. The van der Waals surface area contributed by atoms with Gasteiger partial charge in [-0.3, -0.25) is 9.69 Å². The van der Waals surface area contributed by atoms with Gasteiger partial charge in [0.2, 0.25) is 0 Å². The molecule has 14 heavy (non-hydrogen) atoms. The van der Waals surface area contributed by atoms with E-state index in [1.807, 2.05) is 4.90 Å². The highest BCUT2D eigenvalue weighted by Gasteiger charge is 2.27. The molecule has 0 aromatic carbocycles. The topological polar surface area (TPSA) is 49.8 Å². The van der Waals surface area contributed by atoms with Crippen molar-refractivity contribution < 1.29 is 14.6 Å². The third-order valence-electron chi connectivity index (χ3n) is 2.47. The first-order chi connectivity index (χ1) is 6.61. The summed E-state index contributed by atoms with van der Waals surface area (Å²) < 4.78 is 5.20. The molecule has 0 aromatic heterocycles. The van der Waals surface area contributed by atoms with Gasteiger partial charge in [-0.1, -0.05) is 13.8 Å². The van der Waals surface area contributed by atoms with Crippen molar-refractivity contribution >= 4 is 5.97 Å². The molecule has 1 saturated heterocycles. The molecule has 0 saturated carbocycles. The van der Waals surface area contributed by atoms with E-state index in [1.54, 1.807) is 0 Å². The average Bonchev–Trinajstić information content (AvgIpc) is 2.15. The lowest BCUT2D eigenvalue weighted by molar-refractivity contribution is -0.145. The molecular formula is C10H19NO3. The van der Waals surface area contributed by atoms with Crippen molar-refractivity contribution in [3.05, 3.63) is 0 Å². The Morgan fingerprint density at radius 2 is 2.00 bits per heavy atom. The molecule has 0 aliphatic carbocycles. The fraction of sp³-hybridized carbons (Fsp3) is 0.900. The van der Waals surface area contributed by atoms with E-state index < -0.39 is 5.97 Å². The Bertz CT molecular complexity index is 188. The lowest BCUT2D eigenvalue weighted by Crippen LogP contribution is -2.47. The lowest BCUT2D eigenvalue weighted by Gasteiger charge is -2.32. The molecule has 0 bridgehead atoms. The highest BCUT2D eigenvalue weighted by atomic mass is 16.5. The highest BCUT2D eigenvalue weighted by Crippen LogP contribution is 2.13. The second-order valence-electron chi connectivity index (χ2n) is 4.13. The van der Waals surface area contributed by atoms with Crippen molar-refractivity contribution in [3.8, 4) is 0 Å². The number of rotatable bonds is 4. The van der Waals surface area contributed by atoms with Gasteiger partial charge in [-0.2, -0.15) is 0 Å². The molecule has 0 radical (unpaired) electrons. The quantitative estimate of drug-likeness (QED) is 0.731. The molecule has 1 N–H and O–H groups in total. The molecule has 82 valence electrons. The van der Waals surface area contributed by atoms with Crippen molar-refractivity contribution in [2.24, 2.45) is 5.92 Å². The van der Waals surface area contributed by atoms with Gasteiger partial charge >= 0.3 is 5.97 Å². The zero-order valence-electron chi connectivity index (χ0n) is 8.90. The number of morpholine rings is 1. The van der Waals surface area contributed by atoms with E-state index in [1.165, 1.54) is 0 Å². The Morgan fingerprint density at radius 3 is 2.43 bits per heavy atom. The lowest BCUT2D eigenvalue weighted by atomic mass is 10.0. The summed E-state index contributed by atoms with van der Waals surface area (Å²) in [4.78, 5) is 13.1. The Hall–Kier alpha value is -0.610. The summed E-state index contributed by atoms with van der Waals surface area (Å²) in [5, 5.41) is 9.09. The Morgan fingerprint density at radius 1 is 1.43 bits per heavy atom. The summed E-state index contributed by atoms with van der Waals surface area (Å²) in [6.45, 7) is 6.89. The third kappa shape index (κ3) is 3.27. The predicted molar refractivity (Wildman–Crippen MR) is 53.3 cm³/mol. The predicted octanol–water partition coefficient (Wildman–Crippen LogP) is 0.818. The van der Waals surface area contributed by atoms with Crippen LogP contribution in [0, 0.1) is 5.92 Å². The van der Waals surface area contributed by atoms with E-state index in [4.69, 9.17) is 9.84 Å². The van der Waals surface area contributed by atoms with E-state index in [-0.39, 0.29) is 6.04 Å². The molecule has 1 aliphatic heterocycles. The SMILES string of the molecule is CC(C)C[C@@H](C(=O)O)N1CCOCC1. The molecule has 0 aromatic rings. The summed E-state index contributed by atoms with van der Waals surface area (Å²) in [6.07, 6.45) is 0.718. The summed E-state index contributed by atoms with van der Waals surface area (Å²) in [5.74, 6) is -0.292. The molecule has 0 unspecified atom stereocenters. The number of hydrogen-bond acceptors (Lipinski definition) is 3. The summed E-state index contributed by atoms with van der Waals surface area (Å²) in [5.41, 5.74) is 0. The molecule has 1 fully saturated rings. The van der Waals surface area contributed by atoms with E-state index >= 15 is 0 Å². The monoisotopic (exact) mass is 201 g/mol. The largest absolute Gasteiger partial charge is 0.480 e. The number of hydrogen-bond donors (Lipinski definition) is 1. The van der Waals surface area contributed by atoms with Gasteiger partial charge in [0.25, 0.3) is 0 Å². The van der Waals surface area contributed by atoms with E-state index in [9.17, 15) is 4.79 Å². The van der Waals surface area contributed by atoms with Crippen LogP contribution >= 0.6 is 0 Å². The number of nitrogens with zero attached hydrogens (tertiary/aromatic N) is 1. The number of aliphatic carboxylic acids is 1. The molecule has 4 nitrogen and oxygen atoms in total. The van der Waals surface area contributed by atoms with Gasteiger partial charge < -0.3 is 9.84 Å². The van der Waals surface area contributed by atoms with Gasteiger partial charge in [0.15, 0.2) is 0 Å². The van der Waals surface area contributed by atoms with Crippen molar-refractivity contribution in [3.63, 3.8) is 0 Å². The molecular weight excluding hydrogens is 182 g/mol. The van der Waals surface area contributed by atoms with Gasteiger partial charge in [0.05, 0.1) is 13.2 Å². The van der Waals surface area contributed by atoms with Gasteiger partial charge in [0, 0.05) is 13.1 Å². The molecule has 1 rings (SSSR count). The molecule has 0 amide bonds. The maximum Gasteiger partial charge on any atom is 0.320 e. The summed E-state index contributed by atoms with van der Waals surface area (Å²) in [6, 6.07) is -0.334. The number of carbonyl (C=O) groups is 1. The molecule has 4 heteroatoms. The van der Waals surface area contributed by atoms with Crippen LogP contribution in [-0.4, -0.2) is 48.3 Å². The average molecular weight is 201 g/mol. The van der Waals surface area contributed by atoms with Crippen LogP contribution in [0.2, 0.25) is 0 Å². The molecule has 1 atom stereocenters. The van der Waals surface area contributed by atoms with Crippen LogP contribution in [0.1, 0.15) is 20.3 Å². The zero-order chi connectivity index (χ0) is 10.6. The van der Waals surface area contributed by atoms with Crippen LogP contribution in [0.25, 0.3) is 0 Å². The van der Waals surface area contributed by atoms with Gasteiger partial charge in [-0.15, -0.1) is 0 Å². The van der Waals surface area contributed by atoms with Crippen LogP contribution in [0.3, 0.4) is 0 Å². The van der Waals surface area contributed by atoms with Crippen molar-refractivity contribution in [1.29, 1.82) is 0 Å². The number of carboxylic acid groups (broad SMARTS) is 1. The fourth-order valence-electron chi connectivity index (χ4n) is 1.74. The summed E-state index contributed by atoms with van der Waals surface area (Å²) in [7, 11) is 0. The molecule has 0 spiro atoms. The van der Waals surface area contributed by atoms with Gasteiger partial charge in [0.1, 0.15) is 6.04 Å². The van der Waals surface area contributed by atoms with Crippen LogP contribution in [0.4, 0.5) is 0 Å². The smallest absolute Gasteiger partial charge is 0.320 e. The van der Waals surface area contributed by atoms with E-state index in [2.05, 4.69) is 13.8 Å². The van der Waals surface area contributed by atoms with Crippen LogP contribution < -0.4 is 0 Å². The first kappa shape index (κ1) is 11.5. The standard InChI is InChI=1S/C10H19NO3/c1-8(2)7-9(10(12)13)11-3-5-14-6-4-11/h8-9H,3-7H2,1-2H3,(H,12,13)/t9-/m0/s1. The van der Waals surface area contributed by atoms with Crippen LogP contribution in [-0.2, 0) is 9.53 Å². The highest BCUT2D eigenvalue weighted by molar-refractivity contribution is 5.73. The first-order valence-corrected chi connectivity index (χ1v) is 5.16. The van der Waals surface area contributed by atoms with E-state index in [0.29, 0.717) is 19.1 Å². The minimum Gasteiger partial charge on any atom is -0.480 e. The molecule has 1 heterocycles. The number of carboxylic acids is 1. The maximum absolute atomic E-state index is 11.1. The van der Waals surface area contributed by atoms with Crippen molar-refractivity contribution in [2.75, 3.05) is 26.3 Å². The summed E-state index contributed by atoms with van der Waals surface area (Å²) >= 11 is 0. The normalized spacial score (nSPS) is 21.1. The second kappa shape index (κ2) is 5.32. The Labute approximate surface area is 84.8 Å². The zero-order valence-corrected chi connectivity index (χ0v) is 8.90. The fourth-order valence-corrected chi connectivity index (χ4v) is 1.74. The van der Waals surface area contributed by atoms with Crippen molar-refractivity contribution in [1.82, 2.24) is 4.90 Å². The van der Waals surface area contributed by atoms with Crippen LogP contribution in [0.5, 0.6) is 0 Å². The second-order valence-corrected chi connectivity index (χ2v) is 4.13. The number of ether oxygens (including phenoxy) is 1. The third-order valence-corrected chi connectivity index (χ3v) is 2.47. The van der Waals surface area contributed by atoms with Crippen molar-refractivity contribution in [2.45, 2.75) is 26.3 Å². The van der Waals surface area contributed by atoms with E-state index in [0.717, 1.165) is 19.5 Å². The van der Waals surface area contributed by atoms with Gasteiger partial charge in [-0.25, -0.2) is 0 Å². The first-order valence-electron chi connectivity index (χ1n) is 5.16. The minimum atomic E-state index is -0.708. The van der Waals surface area contributed by atoms with Crippen LogP contribution in [0.15, 0.2) is 0 Å². The maximum atomic E-state index is 11.1.